The van der Waals surface area contributed by atoms with Gasteiger partial charge in [-0.25, -0.2) is 4.98 Å². The van der Waals surface area contributed by atoms with Crippen LogP contribution in [0.2, 0.25) is 0 Å². The van der Waals surface area contributed by atoms with Crippen LogP contribution < -0.4 is 5.32 Å². The molecule has 0 spiro atoms. The van der Waals surface area contributed by atoms with Crippen molar-refractivity contribution in [3.05, 3.63) is 59.7 Å². The van der Waals surface area contributed by atoms with Gasteiger partial charge in [0.2, 0.25) is 5.91 Å². The first kappa shape index (κ1) is 16.1. The molecule has 1 N–H and O–H groups in total. The highest BCUT2D eigenvalue weighted by molar-refractivity contribution is 5.95. The molecule has 0 unspecified atom stereocenters. The summed E-state index contributed by atoms with van der Waals surface area (Å²) in [6.45, 7) is 3.88. The number of fused-ring (bicyclic) bond motifs is 1. The van der Waals surface area contributed by atoms with Crippen molar-refractivity contribution in [2.45, 2.75) is 20.3 Å². The Morgan fingerprint density at radius 2 is 2.08 bits per heavy atom. The molecule has 26 heavy (non-hydrogen) atoms. The smallest absolute Gasteiger partial charge is 0.230 e. The van der Waals surface area contributed by atoms with Crippen molar-refractivity contribution in [1.82, 2.24) is 19.2 Å². The third-order valence-electron chi connectivity index (χ3n) is 4.54. The Morgan fingerprint density at radius 1 is 1.23 bits per heavy atom. The van der Waals surface area contributed by atoms with E-state index in [9.17, 15) is 4.79 Å². The lowest BCUT2D eigenvalue weighted by molar-refractivity contribution is -0.115. The number of nitrogens with zero attached hydrogens (tertiary/aromatic N) is 4. The zero-order valence-electron chi connectivity index (χ0n) is 14.9. The minimum Gasteiger partial charge on any atom is -0.463 e. The molecule has 0 saturated carbocycles. The number of aryl methyl sites for hydroxylation is 2. The molecule has 0 radical (unpaired) electrons. The molecule has 4 aromatic rings. The van der Waals surface area contributed by atoms with E-state index in [0.717, 1.165) is 22.6 Å². The molecular weight excluding hydrogens is 330 g/mol. The predicted molar refractivity (Wildman–Crippen MR) is 97.9 cm³/mol. The quantitative estimate of drug-likeness (QED) is 0.614. The van der Waals surface area contributed by atoms with Crippen LogP contribution in [-0.4, -0.2) is 25.1 Å². The number of pyridine rings is 1. The topological polar surface area (TPSA) is 77.4 Å². The molecular formula is C19H19N5O2. The number of amides is 1. The molecule has 0 aliphatic heterocycles. The molecule has 132 valence electrons. The second kappa shape index (κ2) is 6.18. The van der Waals surface area contributed by atoms with Gasteiger partial charge in [0, 0.05) is 24.5 Å². The first-order valence-corrected chi connectivity index (χ1v) is 8.34. The van der Waals surface area contributed by atoms with Crippen LogP contribution in [0.1, 0.15) is 17.0 Å². The van der Waals surface area contributed by atoms with E-state index in [0.29, 0.717) is 17.3 Å². The van der Waals surface area contributed by atoms with E-state index in [1.807, 2.05) is 55.8 Å². The normalized spacial score (nSPS) is 11.2. The van der Waals surface area contributed by atoms with Gasteiger partial charge in [-0.05, 0) is 38.1 Å². The van der Waals surface area contributed by atoms with E-state index in [1.54, 1.807) is 17.0 Å². The van der Waals surface area contributed by atoms with Crippen molar-refractivity contribution in [1.29, 1.82) is 0 Å². The van der Waals surface area contributed by atoms with Crippen molar-refractivity contribution < 1.29 is 9.21 Å². The Balaban J connectivity index is 1.70. The molecule has 0 saturated heterocycles. The first-order chi connectivity index (χ1) is 12.5. The maximum Gasteiger partial charge on any atom is 0.230 e. The second-order valence-electron chi connectivity index (χ2n) is 6.21. The van der Waals surface area contributed by atoms with Crippen LogP contribution in [0.4, 0.5) is 5.82 Å². The van der Waals surface area contributed by atoms with Crippen LogP contribution in [0, 0.1) is 13.8 Å². The minimum absolute atomic E-state index is 0.123. The van der Waals surface area contributed by atoms with Gasteiger partial charge in [0.1, 0.15) is 17.2 Å². The summed E-state index contributed by atoms with van der Waals surface area (Å²) < 4.78 is 9.13. The Bertz CT molecular complexity index is 1090. The summed E-state index contributed by atoms with van der Waals surface area (Å²) in [6.07, 6.45) is 3.71. The summed E-state index contributed by atoms with van der Waals surface area (Å²) in [7, 11) is 1.88. The molecule has 4 heterocycles. The molecule has 4 rings (SSSR count). The second-order valence-corrected chi connectivity index (χ2v) is 6.21. The monoisotopic (exact) mass is 349 g/mol. The van der Waals surface area contributed by atoms with Crippen molar-refractivity contribution >= 4 is 17.4 Å². The van der Waals surface area contributed by atoms with Crippen LogP contribution in [0.3, 0.4) is 0 Å². The average Bonchev–Trinajstić information content (AvgIpc) is 3.31. The fourth-order valence-corrected chi connectivity index (χ4v) is 3.11. The fraction of sp³-hybridized carbons (Fsp3) is 0.211. The van der Waals surface area contributed by atoms with E-state index in [-0.39, 0.29) is 12.3 Å². The zero-order valence-corrected chi connectivity index (χ0v) is 14.9. The van der Waals surface area contributed by atoms with Gasteiger partial charge in [-0.15, -0.1) is 0 Å². The maximum atomic E-state index is 12.7. The van der Waals surface area contributed by atoms with Crippen molar-refractivity contribution in [3.8, 4) is 11.5 Å². The number of rotatable bonds is 4. The third kappa shape index (κ3) is 2.67. The van der Waals surface area contributed by atoms with Crippen LogP contribution in [0.25, 0.3) is 17.1 Å². The molecule has 0 bridgehead atoms. The molecule has 0 atom stereocenters. The summed E-state index contributed by atoms with van der Waals surface area (Å²) in [5.74, 6) is 1.08. The van der Waals surface area contributed by atoms with E-state index in [2.05, 4.69) is 15.4 Å². The molecule has 0 aliphatic carbocycles. The number of carbonyl (C=O) groups is 1. The lowest BCUT2D eigenvalue weighted by Crippen LogP contribution is -2.17. The molecule has 7 heteroatoms. The van der Waals surface area contributed by atoms with E-state index in [4.69, 9.17) is 4.42 Å². The fourth-order valence-electron chi connectivity index (χ4n) is 3.11. The number of nitrogens with one attached hydrogen (secondary N) is 1. The summed E-state index contributed by atoms with van der Waals surface area (Å²) in [5.41, 5.74) is 4.14. The summed E-state index contributed by atoms with van der Waals surface area (Å²) in [4.78, 5) is 17.3. The Labute approximate surface area is 150 Å². The van der Waals surface area contributed by atoms with E-state index < -0.39 is 0 Å². The Hall–Kier alpha value is -3.35. The highest BCUT2D eigenvalue weighted by Crippen LogP contribution is 2.29. The van der Waals surface area contributed by atoms with Gasteiger partial charge in [-0.3, -0.25) is 13.9 Å². The van der Waals surface area contributed by atoms with Gasteiger partial charge in [-0.2, -0.15) is 5.10 Å². The Kier molecular flexibility index (Phi) is 3.84. The number of hydrogen-bond donors (Lipinski definition) is 1. The van der Waals surface area contributed by atoms with Gasteiger partial charge in [0.25, 0.3) is 0 Å². The standard InChI is InChI=1S/C19H19N5O2/c1-12-14(13(2)23(3)22-12)11-17(25)21-19-18(15-7-6-10-26-15)20-16-8-4-5-9-24(16)19/h4-10H,11H2,1-3H3,(H,21,25). The molecule has 4 aromatic heterocycles. The SMILES string of the molecule is Cc1nn(C)c(C)c1CC(=O)Nc1c(-c2ccco2)nc2ccccn12. The van der Waals surface area contributed by atoms with Gasteiger partial charge in [0.05, 0.1) is 18.4 Å². The number of hydrogen-bond acceptors (Lipinski definition) is 4. The summed E-state index contributed by atoms with van der Waals surface area (Å²) >= 11 is 0. The summed E-state index contributed by atoms with van der Waals surface area (Å²) in [6, 6.07) is 9.31. The number of anilines is 1. The van der Waals surface area contributed by atoms with Gasteiger partial charge in [-0.1, -0.05) is 6.07 Å². The van der Waals surface area contributed by atoms with Gasteiger partial charge >= 0.3 is 0 Å². The van der Waals surface area contributed by atoms with Crippen LogP contribution in [0.15, 0.2) is 47.2 Å². The van der Waals surface area contributed by atoms with Crippen LogP contribution >= 0.6 is 0 Å². The van der Waals surface area contributed by atoms with E-state index in [1.165, 1.54) is 0 Å². The van der Waals surface area contributed by atoms with Crippen LogP contribution in [-0.2, 0) is 18.3 Å². The third-order valence-corrected chi connectivity index (χ3v) is 4.54. The van der Waals surface area contributed by atoms with Crippen LogP contribution in [0.5, 0.6) is 0 Å². The van der Waals surface area contributed by atoms with E-state index >= 15 is 0 Å². The molecule has 1 amide bonds. The Morgan fingerprint density at radius 3 is 2.77 bits per heavy atom. The predicted octanol–water partition coefficient (Wildman–Crippen LogP) is 3.13. The van der Waals surface area contributed by atoms with Gasteiger partial charge in [0.15, 0.2) is 5.76 Å². The zero-order chi connectivity index (χ0) is 18.3. The molecule has 7 nitrogen and oxygen atoms in total. The highest BCUT2D eigenvalue weighted by Gasteiger charge is 2.20. The maximum absolute atomic E-state index is 12.7. The lowest BCUT2D eigenvalue weighted by atomic mass is 10.1. The highest BCUT2D eigenvalue weighted by atomic mass is 16.3. The van der Waals surface area contributed by atoms with Gasteiger partial charge < -0.3 is 9.73 Å². The van der Waals surface area contributed by atoms with Crippen molar-refractivity contribution in [2.24, 2.45) is 7.05 Å². The largest absolute Gasteiger partial charge is 0.463 e. The minimum atomic E-state index is -0.123. The summed E-state index contributed by atoms with van der Waals surface area (Å²) in [5, 5.41) is 7.37. The van der Waals surface area contributed by atoms with Crippen molar-refractivity contribution in [2.75, 3.05) is 5.32 Å². The number of aromatic nitrogens is 4. The first-order valence-electron chi connectivity index (χ1n) is 8.34. The number of imidazole rings is 1. The average molecular weight is 349 g/mol. The lowest BCUT2D eigenvalue weighted by Gasteiger charge is -2.07. The number of furan rings is 1. The number of carbonyl (C=O) groups excluding carboxylic acids is 1. The molecule has 0 fully saturated rings. The molecule has 0 aliphatic rings. The van der Waals surface area contributed by atoms with Crippen molar-refractivity contribution in [3.63, 3.8) is 0 Å². The molecule has 0 aromatic carbocycles.